The predicted octanol–water partition coefficient (Wildman–Crippen LogP) is 8.17. The predicted molar refractivity (Wildman–Crippen MR) is 199 cm³/mol. The van der Waals surface area contributed by atoms with Gasteiger partial charge in [-0.2, -0.15) is 5.10 Å². The number of piperazine rings is 1. The van der Waals surface area contributed by atoms with E-state index >= 15 is 0 Å². The number of ether oxygens (including phenoxy) is 1. The third-order valence-electron chi connectivity index (χ3n) is 10.1. The quantitative estimate of drug-likeness (QED) is 0.146. The lowest BCUT2D eigenvalue weighted by Gasteiger charge is -2.40. The van der Waals surface area contributed by atoms with Gasteiger partial charge in [0.05, 0.1) is 11.6 Å². The van der Waals surface area contributed by atoms with Crippen molar-refractivity contribution in [3.8, 4) is 17.0 Å². The maximum atomic E-state index is 12.9. The van der Waals surface area contributed by atoms with Crippen LogP contribution in [0.25, 0.3) is 22.2 Å². The maximum absolute atomic E-state index is 12.9. The molecule has 0 bridgehead atoms. The van der Waals surface area contributed by atoms with E-state index in [0.29, 0.717) is 12.5 Å². The number of rotatable bonds is 9. The third-order valence-corrected chi connectivity index (χ3v) is 10.1. The number of pyridine rings is 1. The summed E-state index contributed by atoms with van der Waals surface area (Å²) in [6.07, 6.45) is 3.97. The zero-order valence-electron chi connectivity index (χ0n) is 28.9. The first-order valence-corrected chi connectivity index (χ1v) is 17.8. The molecular formula is C43H43N5O2. The van der Waals surface area contributed by atoms with Gasteiger partial charge < -0.3 is 14.5 Å². The summed E-state index contributed by atoms with van der Waals surface area (Å²) in [6, 6.07) is 42.6. The number of benzene rings is 4. The average Bonchev–Trinajstić information content (AvgIpc) is 3.94. The van der Waals surface area contributed by atoms with E-state index in [4.69, 9.17) is 14.8 Å². The highest BCUT2D eigenvalue weighted by molar-refractivity contribution is 5.95. The number of anilines is 1. The molecule has 4 aromatic carbocycles. The molecule has 1 aliphatic carbocycles. The fraction of sp³-hybridized carbons (Fsp3) is 0.279. The van der Waals surface area contributed by atoms with Gasteiger partial charge >= 0.3 is 0 Å². The zero-order valence-corrected chi connectivity index (χ0v) is 28.9. The maximum Gasteiger partial charge on any atom is 0.226 e. The van der Waals surface area contributed by atoms with E-state index in [-0.39, 0.29) is 18.1 Å². The van der Waals surface area contributed by atoms with E-state index in [1.807, 2.05) is 20.0 Å². The lowest BCUT2D eigenvalue weighted by atomic mass is 9.77. The minimum atomic E-state index is -0.781. The molecule has 8 rings (SSSR count). The summed E-state index contributed by atoms with van der Waals surface area (Å²) >= 11 is 0. The number of carbonyl (C=O) groups is 1. The van der Waals surface area contributed by atoms with Crippen molar-refractivity contribution in [3.05, 3.63) is 144 Å². The van der Waals surface area contributed by atoms with Crippen LogP contribution in [0, 0.1) is 5.92 Å². The molecule has 7 nitrogen and oxygen atoms in total. The van der Waals surface area contributed by atoms with Crippen LogP contribution in [-0.4, -0.2) is 57.4 Å². The van der Waals surface area contributed by atoms with Gasteiger partial charge in [0.25, 0.3) is 0 Å². The highest BCUT2D eigenvalue weighted by atomic mass is 16.5. The van der Waals surface area contributed by atoms with E-state index in [1.54, 1.807) is 0 Å². The fourth-order valence-electron chi connectivity index (χ4n) is 7.61. The van der Waals surface area contributed by atoms with Crippen molar-refractivity contribution >= 4 is 22.6 Å². The summed E-state index contributed by atoms with van der Waals surface area (Å²) in [7, 11) is 0. The largest absolute Gasteiger partial charge is 0.491 e. The van der Waals surface area contributed by atoms with Crippen molar-refractivity contribution in [2.45, 2.75) is 51.3 Å². The second kappa shape index (κ2) is 13.1. The molecule has 1 amide bonds. The highest BCUT2D eigenvalue weighted by Crippen LogP contribution is 2.45. The zero-order chi connectivity index (χ0) is 34.2. The fourth-order valence-corrected chi connectivity index (χ4v) is 7.61. The molecular weight excluding hydrogens is 619 g/mol. The van der Waals surface area contributed by atoms with Gasteiger partial charge in [-0.15, -0.1) is 0 Å². The smallest absolute Gasteiger partial charge is 0.226 e. The van der Waals surface area contributed by atoms with Crippen molar-refractivity contribution in [1.29, 1.82) is 0 Å². The Balaban J connectivity index is 1.31. The summed E-state index contributed by atoms with van der Waals surface area (Å²) in [5, 5.41) is 6.61. The molecule has 0 radical (unpaired) electrons. The SMILES string of the molecule is CC(C)Oc1ccc2c(c1)c(-c1ccnc(N3CCN(C(=O)C4CC4)C(C)C3)c1)nn2C(c1ccccc1)(c1ccccc1)c1ccccc1. The summed E-state index contributed by atoms with van der Waals surface area (Å²) in [5.41, 5.74) is 5.38. The van der Waals surface area contributed by atoms with Gasteiger partial charge in [-0.1, -0.05) is 91.0 Å². The Morgan fingerprint density at radius 3 is 1.98 bits per heavy atom. The van der Waals surface area contributed by atoms with E-state index in [9.17, 15) is 4.79 Å². The van der Waals surface area contributed by atoms with Crippen LogP contribution in [-0.2, 0) is 10.3 Å². The molecule has 1 unspecified atom stereocenters. The summed E-state index contributed by atoms with van der Waals surface area (Å²) in [6.45, 7) is 8.46. The monoisotopic (exact) mass is 661 g/mol. The Kier molecular flexibility index (Phi) is 8.35. The first-order valence-electron chi connectivity index (χ1n) is 17.8. The summed E-state index contributed by atoms with van der Waals surface area (Å²) in [5.74, 6) is 2.24. The van der Waals surface area contributed by atoms with Gasteiger partial charge in [0.1, 0.15) is 22.8 Å². The van der Waals surface area contributed by atoms with Crippen molar-refractivity contribution in [2.75, 3.05) is 24.5 Å². The van der Waals surface area contributed by atoms with E-state index in [1.165, 1.54) is 0 Å². The van der Waals surface area contributed by atoms with Crippen LogP contribution in [0.2, 0.25) is 0 Å². The minimum absolute atomic E-state index is 0.0305. The number of hydrogen-bond donors (Lipinski definition) is 0. The third kappa shape index (κ3) is 5.70. The lowest BCUT2D eigenvalue weighted by molar-refractivity contribution is -0.134. The van der Waals surface area contributed by atoms with Crippen molar-refractivity contribution in [1.82, 2.24) is 19.7 Å². The van der Waals surface area contributed by atoms with Crippen molar-refractivity contribution in [3.63, 3.8) is 0 Å². The molecule has 3 heterocycles. The second-order valence-electron chi connectivity index (χ2n) is 13.9. The molecule has 1 saturated carbocycles. The first kappa shape index (κ1) is 31.8. The molecule has 1 aliphatic heterocycles. The van der Waals surface area contributed by atoms with Crippen LogP contribution in [0.3, 0.4) is 0 Å². The van der Waals surface area contributed by atoms with Gasteiger partial charge in [0.2, 0.25) is 5.91 Å². The normalized spacial score (nSPS) is 16.6. The second-order valence-corrected chi connectivity index (χ2v) is 13.9. The van der Waals surface area contributed by atoms with Gasteiger partial charge in [-0.25, -0.2) is 9.67 Å². The summed E-state index contributed by atoms with van der Waals surface area (Å²) in [4.78, 5) is 22.1. The average molecular weight is 662 g/mol. The van der Waals surface area contributed by atoms with Crippen LogP contribution in [0.4, 0.5) is 5.82 Å². The molecule has 0 N–H and O–H groups in total. The molecule has 2 aliphatic rings. The van der Waals surface area contributed by atoms with Crippen LogP contribution < -0.4 is 9.64 Å². The van der Waals surface area contributed by atoms with Crippen molar-refractivity contribution < 1.29 is 9.53 Å². The Bertz CT molecular complexity index is 2010. The van der Waals surface area contributed by atoms with Gasteiger partial charge in [0, 0.05) is 48.7 Å². The molecule has 2 aromatic heterocycles. The number of nitrogens with zero attached hydrogens (tertiary/aromatic N) is 5. The molecule has 2 fully saturated rings. The Hall–Kier alpha value is -5.43. The number of fused-ring (bicyclic) bond motifs is 1. The Labute approximate surface area is 294 Å². The molecule has 1 atom stereocenters. The number of carbonyl (C=O) groups excluding carboxylic acids is 1. The van der Waals surface area contributed by atoms with Crippen LogP contribution >= 0.6 is 0 Å². The molecule has 50 heavy (non-hydrogen) atoms. The molecule has 252 valence electrons. The van der Waals surface area contributed by atoms with Gasteiger partial charge in [0.15, 0.2) is 0 Å². The van der Waals surface area contributed by atoms with Crippen LogP contribution in [0.1, 0.15) is 50.3 Å². The Morgan fingerprint density at radius 2 is 1.42 bits per heavy atom. The van der Waals surface area contributed by atoms with Crippen LogP contribution in [0.5, 0.6) is 5.75 Å². The number of hydrogen-bond acceptors (Lipinski definition) is 5. The topological polar surface area (TPSA) is 63.5 Å². The van der Waals surface area contributed by atoms with E-state index in [2.05, 4.69) is 143 Å². The molecule has 7 heteroatoms. The molecule has 6 aromatic rings. The first-order chi connectivity index (χ1) is 24.4. The van der Waals surface area contributed by atoms with Crippen LogP contribution in [0.15, 0.2) is 128 Å². The standard InChI is InChI=1S/C43H43N5O2/c1-30(2)50-37-21-22-39-38(28-37)41(33-23-24-44-40(27-33)46-25-26-47(31(3)29-46)42(49)32-19-20-32)45-48(39)43(34-13-7-4-8-14-34,35-15-9-5-10-16-35)36-17-11-6-12-18-36/h4-18,21-24,27-28,30-32H,19-20,25-26,29H2,1-3H3. The van der Waals surface area contributed by atoms with Gasteiger partial charge in [-0.05, 0) is 80.6 Å². The Morgan fingerprint density at radius 1 is 0.800 bits per heavy atom. The highest BCUT2D eigenvalue weighted by Gasteiger charge is 2.41. The summed E-state index contributed by atoms with van der Waals surface area (Å²) < 4.78 is 8.46. The van der Waals surface area contributed by atoms with E-state index in [0.717, 1.165) is 76.3 Å². The van der Waals surface area contributed by atoms with Crippen molar-refractivity contribution in [2.24, 2.45) is 5.92 Å². The van der Waals surface area contributed by atoms with E-state index < -0.39 is 5.54 Å². The molecule has 1 saturated heterocycles. The number of aromatic nitrogens is 3. The molecule has 0 spiro atoms. The van der Waals surface area contributed by atoms with Gasteiger partial charge in [-0.3, -0.25) is 4.79 Å². The lowest BCUT2D eigenvalue weighted by Crippen LogP contribution is -2.54. The number of amides is 1. The minimum Gasteiger partial charge on any atom is -0.491 e.